The Balaban J connectivity index is 1.09. The van der Waals surface area contributed by atoms with E-state index < -0.39 is 46.3 Å². The van der Waals surface area contributed by atoms with E-state index >= 15 is 4.79 Å². The number of piperidine rings is 1. The number of aliphatic hydroxyl groups excluding tert-OH is 2. The van der Waals surface area contributed by atoms with Crippen molar-refractivity contribution >= 4 is 5.78 Å². The van der Waals surface area contributed by atoms with Crippen LogP contribution in [0.25, 0.3) is 0 Å². The van der Waals surface area contributed by atoms with Crippen molar-refractivity contribution in [1.82, 2.24) is 5.32 Å². The van der Waals surface area contributed by atoms with E-state index in [9.17, 15) is 30.6 Å². The summed E-state index contributed by atoms with van der Waals surface area (Å²) in [6.07, 6.45) is 20.7. The van der Waals surface area contributed by atoms with Crippen molar-refractivity contribution in [3.63, 3.8) is 0 Å². The molecule has 5 fully saturated rings. The molecule has 0 unspecified atom stereocenters. The highest BCUT2D eigenvalue weighted by Gasteiger charge is 2.83. The number of carbonyl (C=O) groups is 1. The molecule has 71 heavy (non-hydrogen) atoms. The number of carbonyl (C=O) groups excluding carboxylic acids is 1. The molecule has 0 amide bonds. The number of aromatic hydroxyl groups is 3. The van der Waals surface area contributed by atoms with Crippen LogP contribution in [0.3, 0.4) is 0 Å². The first-order valence-corrected chi connectivity index (χ1v) is 27.3. The number of hydrogen-bond donors (Lipinski definition) is 7. The SMILES string of the molecule is CCCCC[C@H]1C(=O)C[C@H](c2cc(OC)c(O)cc2CO)[C@@H](Cc2ccccc2)C#C[C@H]2CN[C@@]34CC[C@@]1(O)[C@@H]2[C@]31c2cc(O)c(O)cc2[C@H]2C[C@@H]1[C@@]13C[C@@]25CCC[C@@H]5C=C1[C@@H]1C[C@H](O)C=CC1=C[C@@H]3C4. The van der Waals surface area contributed by atoms with E-state index in [1.807, 2.05) is 36.4 Å². The van der Waals surface area contributed by atoms with E-state index in [1.54, 1.807) is 12.1 Å². The molecule has 3 spiro atoms. The van der Waals surface area contributed by atoms with Crippen LogP contribution in [0, 0.1) is 70.0 Å². The smallest absolute Gasteiger partial charge is 0.160 e. The van der Waals surface area contributed by atoms with Crippen molar-refractivity contribution in [2.24, 2.45) is 58.2 Å². The van der Waals surface area contributed by atoms with Gasteiger partial charge in [0.2, 0.25) is 0 Å². The maximum atomic E-state index is 16.2. The van der Waals surface area contributed by atoms with Crippen molar-refractivity contribution in [3.05, 3.63) is 118 Å². The summed E-state index contributed by atoms with van der Waals surface area (Å²) >= 11 is 0. The van der Waals surface area contributed by atoms with Gasteiger partial charge < -0.3 is 40.7 Å². The summed E-state index contributed by atoms with van der Waals surface area (Å²) in [5, 5.41) is 76.1. The molecular weight excluding hydrogens is 887 g/mol. The molecule has 1 saturated heterocycles. The molecule has 3 aromatic carbocycles. The number of ether oxygens (including phenoxy) is 1. The molecule has 372 valence electrons. The fourth-order valence-corrected chi connectivity index (χ4v) is 19.3. The van der Waals surface area contributed by atoms with Crippen LogP contribution in [0.4, 0.5) is 0 Å². The van der Waals surface area contributed by atoms with Gasteiger partial charge in [-0.15, -0.1) is 0 Å². The van der Waals surface area contributed by atoms with Gasteiger partial charge >= 0.3 is 0 Å². The quantitative estimate of drug-likeness (QED) is 0.0480. The van der Waals surface area contributed by atoms with E-state index in [4.69, 9.17) is 4.74 Å². The predicted octanol–water partition coefficient (Wildman–Crippen LogP) is 9.57. The Labute approximate surface area is 418 Å². The van der Waals surface area contributed by atoms with Gasteiger partial charge in [-0.05, 0) is 151 Å². The van der Waals surface area contributed by atoms with Crippen LogP contribution in [0.15, 0.2) is 90.0 Å². The molecule has 16 atom stereocenters. The zero-order valence-corrected chi connectivity index (χ0v) is 41.4. The second-order valence-corrected chi connectivity index (χ2v) is 24.2. The minimum absolute atomic E-state index is 0.00431. The maximum absolute atomic E-state index is 16.2. The van der Waals surface area contributed by atoms with E-state index in [2.05, 4.69) is 54.4 Å². The van der Waals surface area contributed by atoms with Gasteiger partial charge in [0.05, 0.1) is 25.4 Å². The lowest BCUT2D eigenvalue weighted by atomic mass is 9.24. The first-order valence-electron chi connectivity index (χ1n) is 27.3. The highest BCUT2D eigenvalue weighted by molar-refractivity contribution is 5.84. The van der Waals surface area contributed by atoms with Crippen molar-refractivity contribution in [3.8, 4) is 34.8 Å². The number of unbranched alkanes of at least 4 members (excludes halogenated alkanes) is 2. The zero-order chi connectivity index (χ0) is 48.8. The van der Waals surface area contributed by atoms with Gasteiger partial charge in [0.15, 0.2) is 23.0 Å². The number of rotatable bonds is 9. The first-order chi connectivity index (χ1) is 34.4. The molecule has 1 heterocycles. The Kier molecular flexibility index (Phi) is 10.6. The summed E-state index contributed by atoms with van der Waals surface area (Å²) in [5.41, 5.74) is 4.21. The predicted molar refractivity (Wildman–Crippen MR) is 271 cm³/mol. The minimum Gasteiger partial charge on any atom is -0.504 e. The highest BCUT2D eigenvalue weighted by Crippen LogP contribution is 2.85. The molecule has 3 aromatic rings. The summed E-state index contributed by atoms with van der Waals surface area (Å²) in [5.74, 6) is 6.19. The Morgan fingerprint density at radius 2 is 1.75 bits per heavy atom. The van der Waals surface area contributed by atoms with Crippen molar-refractivity contribution in [2.75, 3.05) is 13.7 Å². The van der Waals surface area contributed by atoms with Crippen molar-refractivity contribution in [2.45, 2.75) is 144 Å². The third kappa shape index (κ3) is 6.11. The van der Waals surface area contributed by atoms with E-state index in [0.717, 1.165) is 80.0 Å². The van der Waals surface area contributed by atoms with Gasteiger partial charge in [-0.25, -0.2) is 0 Å². The number of benzene rings is 3. The van der Waals surface area contributed by atoms with Gasteiger partial charge in [0.25, 0.3) is 0 Å². The minimum atomic E-state index is -1.48. The Bertz CT molecular complexity index is 2860. The maximum Gasteiger partial charge on any atom is 0.160 e. The van der Waals surface area contributed by atoms with Crippen LogP contribution in [-0.2, 0) is 23.2 Å². The van der Waals surface area contributed by atoms with E-state index in [-0.39, 0.29) is 82.2 Å². The second-order valence-electron chi connectivity index (χ2n) is 24.2. The number of fused-ring (bicyclic) bond motifs is 5. The average molecular weight is 958 g/mol. The molecule has 10 aliphatic rings. The fourth-order valence-electron chi connectivity index (χ4n) is 19.3. The molecule has 4 saturated carbocycles. The number of aliphatic hydroxyl groups is 3. The number of phenolic OH excluding ortho intramolecular Hbond substituents is 3. The fraction of sp³-hybridized carbons (Fsp3) is 0.565. The molecular formula is C62H71NO8. The molecule has 9 aliphatic carbocycles. The molecule has 1 aliphatic heterocycles. The summed E-state index contributed by atoms with van der Waals surface area (Å²) < 4.78 is 5.69. The molecule has 9 nitrogen and oxygen atoms in total. The lowest BCUT2D eigenvalue weighted by molar-refractivity contribution is -0.255. The summed E-state index contributed by atoms with van der Waals surface area (Å²) in [6, 6.07) is 17.4. The average Bonchev–Trinajstić information content (AvgIpc) is 3.78. The molecule has 6 bridgehead atoms. The van der Waals surface area contributed by atoms with Gasteiger partial charge in [0, 0.05) is 64.8 Å². The van der Waals surface area contributed by atoms with Crippen molar-refractivity contribution < 1.29 is 40.2 Å². The lowest BCUT2D eigenvalue weighted by Gasteiger charge is -2.81. The van der Waals surface area contributed by atoms with Crippen LogP contribution in [-0.4, -0.2) is 67.3 Å². The standard InChI is InChI=1S/C62H71NO8/c1-3-4-6-13-47-51(66)26-43(44-28-55(71-2)54(69)23-39(44)33-64)36(21-35-10-7-5-8-11-35)14-15-38-32-63-59-19-20-61(47,70)57(38)62(59)50-29-53(68)52(67)27-46(50)48-30-56(62)60-34-58(48)18-9-12-40(58)24-49(60)45-25-42(65)17-16-37(45)22-41(60)31-59/h5,7-8,10-11,16-17,22-24,27-29,36,38,40-43,45,47-48,56-57,63-65,67-70H,3-4,6,9,12-13,18-21,25-26,30-34H2,1-2H3/t36-,38+,40-,41-,42-,43+,45-,47+,48-,56-,57-,58-,59-,60-,61+,62-/m1/s1. The molecule has 7 N–H and O–H groups in total. The van der Waals surface area contributed by atoms with E-state index in [1.165, 1.54) is 18.3 Å². The topological polar surface area (TPSA) is 160 Å². The van der Waals surface area contributed by atoms with Crippen LogP contribution in [0.5, 0.6) is 23.0 Å². The number of allylic oxidation sites excluding steroid dienone is 5. The molecule has 0 aromatic heterocycles. The Morgan fingerprint density at radius 3 is 2.55 bits per heavy atom. The summed E-state index contributed by atoms with van der Waals surface area (Å²) in [6.45, 7) is 2.37. The number of nitrogens with one attached hydrogen (secondary N) is 1. The van der Waals surface area contributed by atoms with Crippen LogP contribution in [0.1, 0.15) is 136 Å². The van der Waals surface area contributed by atoms with Gasteiger partial charge in [-0.2, -0.15) is 0 Å². The highest BCUT2D eigenvalue weighted by atomic mass is 16.5. The monoisotopic (exact) mass is 958 g/mol. The first kappa shape index (κ1) is 46.0. The normalized spacial score (nSPS) is 41.7. The number of hydrogen-bond acceptors (Lipinski definition) is 9. The largest absolute Gasteiger partial charge is 0.504 e. The Hall–Kier alpha value is -4.85. The second kappa shape index (κ2) is 16.3. The number of methoxy groups -OCH3 is 1. The van der Waals surface area contributed by atoms with Crippen LogP contribution in [0.2, 0.25) is 0 Å². The summed E-state index contributed by atoms with van der Waals surface area (Å²) in [4.78, 5) is 16.2. The lowest BCUT2D eigenvalue weighted by Crippen LogP contribution is -2.86. The van der Waals surface area contributed by atoms with Crippen LogP contribution < -0.4 is 10.1 Å². The van der Waals surface area contributed by atoms with Gasteiger partial charge in [-0.1, -0.05) is 105 Å². The van der Waals surface area contributed by atoms with Crippen molar-refractivity contribution in [1.29, 1.82) is 0 Å². The number of ketones is 1. The van der Waals surface area contributed by atoms with Gasteiger partial charge in [0.1, 0.15) is 5.78 Å². The Morgan fingerprint density at radius 1 is 0.915 bits per heavy atom. The zero-order valence-electron chi connectivity index (χ0n) is 41.4. The van der Waals surface area contributed by atoms with Gasteiger partial charge in [-0.3, -0.25) is 4.79 Å². The third-order valence-electron chi connectivity index (χ3n) is 21.7. The van der Waals surface area contributed by atoms with E-state index in [0.29, 0.717) is 50.1 Å². The van der Waals surface area contributed by atoms with Crippen LogP contribution >= 0.6 is 0 Å². The summed E-state index contributed by atoms with van der Waals surface area (Å²) in [7, 11) is 1.51. The molecule has 13 rings (SSSR count). The third-order valence-corrected chi connectivity index (χ3v) is 21.7. The number of phenols is 3. The molecule has 0 radical (unpaired) electrons. The molecule has 9 heteroatoms. The number of Topliss-reactive ketones (excluding diaryl/α,β-unsaturated/α-hetero) is 1.